The summed E-state index contributed by atoms with van der Waals surface area (Å²) in [6.45, 7) is 0. The Bertz CT molecular complexity index is 353. The quantitative estimate of drug-likeness (QED) is 0.212. The number of hydrogen-bond acceptors (Lipinski definition) is 0. The van der Waals surface area contributed by atoms with Crippen molar-refractivity contribution in [3.63, 3.8) is 0 Å². The number of nitrogens with zero attached hydrogens (tertiary/aromatic N) is 4. The number of aromatic nitrogens is 10. The minimum absolute atomic E-state index is 1.58. The number of H-pyrrole nitrogens is 6. The molecule has 0 aliphatic carbocycles. The van der Waals surface area contributed by atoms with Crippen molar-refractivity contribution < 1.29 is 0 Å². The van der Waals surface area contributed by atoms with Crippen LogP contribution in [0.4, 0.5) is 0 Å². The van der Waals surface area contributed by atoms with Gasteiger partial charge < -0.3 is 0 Å². The van der Waals surface area contributed by atoms with Crippen LogP contribution >= 0.6 is 0 Å². The second kappa shape index (κ2) is 0.984. The number of hydrogen-bond donors (Lipinski definition) is 6. The Morgan fingerprint density at radius 1 is 0.500 bits per heavy atom. The zero-order valence-electron chi connectivity index (χ0n) is 4.79. The summed E-state index contributed by atoms with van der Waals surface area (Å²) >= 11 is 0. The van der Waals surface area contributed by atoms with E-state index in [2.05, 4.69) is 31.3 Å². The first-order valence-corrected chi connectivity index (χ1v) is 2.69. The summed E-state index contributed by atoms with van der Waals surface area (Å²) < 4.78 is 6.40. The zero-order chi connectivity index (χ0) is 6.55. The molecule has 0 aliphatic rings. The Morgan fingerprint density at radius 2 is 0.800 bits per heavy atom. The Labute approximate surface area is 51.5 Å². The van der Waals surface area contributed by atoms with Gasteiger partial charge in [-0.3, -0.25) is 0 Å². The summed E-state index contributed by atoms with van der Waals surface area (Å²) in [5, 5.41) is 16.6. The number of nitrogens with one attached hydrogen (secondary N) is 6. The lowest BCUT2D eigenvalue weighted by atomic mass is 12.3. The van der Waals surface area contributed by atoms with E-state index in [1.54, 1.807) is 19.0 Å². The van der Waals surface area contributed by atoms with Crippen LogP contribution in [0.15, 0.2) is 0 Å². The molecule has 6 N–H and O–H groups in total. The molecule has 0 fully saturated rings. The monoisotopic (exact) mass is 146 g/mol. The van der Waals surface area contributed by atoms with E-state index < -0.39 is 0 Å². The molecule has 56 valence electrons. The van der Waals surface area contributed by atoms with E-state index in [0.29, 0.717) is 0 Å². The predicted molar refractivity (Wildman–Crippen MR) is 27.8 cm³/mol. The fourth-order valence-corrected chi connectivity index (χ4v) is 0.905. The van der Waals surface area contributed by atoms with Crippen molar-refractivity contribution in [3.8, 4) is 0 Å². The maximum atomic E-state index is 2.77. The van der Waals surface area contributed by atoms with Crippen molar-refractivity contribution in [2.45, 2.75) is 0 Å². The first-order chi connectivity index (χ1) is 4.95. The van der Waals surface area contributed by atoms with Crippen LogP contribution in [0, 0.1) is 0 Å². The average molecular weight is 146 g/mol. The molecule has 10 heavy (non-hydrogen) atoms. The van der Waals surface area contributed by atoms with Crippen LogP contribution in [0.1, 0.15) is 0 Å². The highest BCUT2D eigenvalue weighted by Gasteiger charge is 1.97. The summed E-state index contributed by atoms with van der Waals surface area (Å²) in [7, 11) is 0. The van der Waals surface area contributed by atoms with Crippen LogP contribution in [0.25, 0.3) is 0 Å². The van der Waals surface area contributed by atoms with E-state index in [9.17, 15) is 0 Å². The molecule has 0 saturated heterocycles. The third kappa shape index (κ3) is 0.240. The van der Waals surface area contributed by atoms with Crippen LogP contribution in [0.5, 0.6) is 0 Å². The van der Waals surface area contributed by atoms with Gasteiger partial charge in [0.25, 0.3) is 0 Å². The molecule has 0 saturated carbocycles. The van der Waals surface area contributed by atoms with Crippen LogP contribution in [0.3, 0.4) is 0 Å². The summed E-state index contributed by atoms with van der Waals surface area (Å²) in [6, 6.07) is 0. The zero-order valence-corrected chi connectivity index (χ0v) is 4.79. The van der Waals surface area contributed by atoms with E-state index in [-0.39, 0.29) is 0 Å². The third-order valence-corrected chi connectivity index (χ3v) is 1.32. The topological polar surface area (TPSA) is 112 Å². The fourth-order valence-electron chi connectivity index (χ4n) is 0.905. The molecule has 0 aromatic carbocycles. The number of rotatable bonds is 0. The first-order valence-electron chi connectivity index (χ1n) is 2.69. The molecule has 3 rings (SSSR count). The van der Waals surface area contributed by atoms with Gasteiger partial charge in [0.15, 0.2) is 0 Å². The molecule has 0 spiro atoms. The normalized spacial score (nSPS) is 12.0. The van der Waals surface area contributed by atoms with Gasteiger partial charge in [0.2, 0.25) is 0 Å². The fraction of sp³-hybridized carbons (Fsp3) is 0. The van der Waals surface area contributed by atoms with E-state index in [4.69, 9.17) is 0 Å². The molecule has 3 heterocycles. The van der Waals surface area contributed by atoms with Crippen molar-refractivity contribution in [3.05, 3.63) is 0 Å². The minimum atomic E-state index is 1.58. The van der Waals surface area contributed by atoms with Gasteiger partial charge in [0.05, 0.1) is 0 Å². The second-order valence-electron chi connectivity index (χ2n) is 1.87. The van der Waals surface area contributed by atoms with E-state index in [0.717, 1.165) is 0 Å². The van der Waals surface area contributed by atoms with Crippen molar-refractivity contribution in [1.29, 1.82) is 0 Å². The van der Waals surface area contributed by atoms with Crippen LogP contribution in [-0.2, 0) is 0 Å². The Morgan fingerprint density at radius 3 is 1.10 bits per heavy atom. The van der Waals surface area contributed by atoms with Crippen molar-refractivity contribution in [2.75, 3.05) is 0 Å². The Hall–Kier alpha value is -2.00. The van der Waals surface area contributed by atoms with Gasteiger partial charge in [-0.05, 0) is 4.74 Å². The van der Waals surface area contributed by atoms with Gasteiger partial charge in [0.1, 0.15) is 0 Å². The van der Waals surface area contributed by atoms with E-state index in [1.807, 2.05) is 0 Å². The maximum absolute atomic E-state index is 2.77. The molecule has 0 amide bonds. The molecule has 10 heteroatoms. The summed E-state index contributed by atoms with van der Waals surface area (Å²) in [4.78, 5) is 0. The molecular formula is H6N10. The van der Waals surface area contributed by atoms with Crippen molar-refractivity contribution in [1.82, 2.24) is 50.3 Å². The second-order valence-corrected chi connectivity index (χ2v) is 1.87. The first kappa shape index (κ1) is 3.92. The Balaban J connectivity index is 2.92. The lowest BCUT2D eigenvalue weighted by molar-refractivity contribution is 0.500. The average Bonchev–Trinajstić information content (AvgIpc) is 2.56. The van der Waals surface area contributed by atoms with Gasteiger partial charge >= 0.3 is 0 Å². The van der Waals surface area contributed by atoms with Crippen LogP contribution in [0.2, 0.25) is 0 Å². The molecule has 0 unspecified atom stereocenters. The van der Waals surface area contributed by atoms with Crippen molar-refractivity contribution in [2.24, 2.45) is 0 Å². The number of aromatic amines is 6. The smallest absolute Gasteiger partial charge is 0.0122 e. The minimum Gasteiger partial charge on any atom is -0.185 e. The van der Waals surface area contributed by atoms with Crippen LogP contribution < -0.4 is 0 Å². The lowest BCUT2D eigenvalue weighted by Crippen LogP contribution is -2.03. The summed E-state index contributed by atoms with van der Waals surface area (Å²) in [6.07, 6.45) is 0. The molecular weight excluding hydrogens is 140 g/mol. The van der Waals surface area contributed by atoms with Gasteiger partial charge in [-0.15, -0.1) is 0 Å². The van der Waals surface area contributed by atoms with Gasteiger partial charge in [-0.25, -0.2) is 0 Å². The highest BCUT2D eigenvalue weighted by atomic mass is 16.1. The summed E-state index contributed by atoms with van der Waals surface area (Å²) in [5.74, 6) is 0. The van der Waals surface area contributed by atoms with E-state index in [1.165, 1.54) is 0 Å². The molecule has 10 nitrogen and oxygen atoms in total. The Kier molecular flexibility index (Phi) is 0.386. The summed E-state index contributed by atoms with van der Waals surface area (Å²) in [5.41, 5.74) is 0. The van der Waals surface area contributed by atoms with Gasteiger partial charge in [-0.1, -0.05) is 14.2 Å². The maximum Gasteiger partial charge on any atom is -0.0122 e. The molecule has 0 aliphatic heterocycles. The van der Waals surface area contributed by atoms with Gasteiger partial charge in [0, 0.05) is 0 Å². The largest absolute Gasteiger partial charge is 0.185 e. The van der Waals surface area contributed by atoms with Crippen LogP contribution in [-0.4, -0.2) is 50.3 Å². The third-order valence-electron chi connectivity index (χ3n) is 1.32. The van der Waals surface area contributed by atoms with E-state index >= 15 is 0 Å². The molecule has 0 atom stereocenters. The SMILES string of the molecule is [nH]1[nH]n2[nH][nH]n3[nH][nH]n1n23. The molecule has 0 bridgehead atoms. The highest BCUT2D eigenvalue weighted by molar-refractivity contribution is 4.26. The lowest BCUT2D eigenvalue weighted by Gasteiger charge is -1.76. The predicted octanol–water partition coefficient (Wildman–Crippen LogP) is -1.95. The molecule has 3 aromatic rings. The van der Waals surface area contributed by atoms with Crippen molar-refractivity contribution >= 4 is 0 Å². The van der Waals surface area contributed by atoms with Gasteiger partial charge in [-0.2, -0.15) is 31.3 Å². The highest BCUT2D eigenvalue weighted by Crippen LogP contribution is 1.73. The standard InChI is InChI=1S/H6N10/c1-2-8-5-6-9-4-3-7(1)10(8)9/h1-6H. The molecule has 0 radical (unpaired) electrons. The molecule has 3 aromatic heterocycles.